The van der Waals surface area contributed by atoms with Gasteiger partial charge in [0, 0.05) is 18.1 Å². The van der Waals surface area contributed by atoms with E-state index in [-0.39, 0.29) is 0 Å². The molecule has 0 unspecified atom stereocenters. The van der Waals surface area contributed by atoms with Gasteiger partial charge >= 0.3 is 0 Å². The topological polar surface area (TPSA) is 63.8 Å². The zero-order chi connectivity index (χ0) is 13.4. The first kappa shape index (κ1) is 11.5. The van der Waals surface area contributed by atoms with E-state index in [1.807, 2.05) is 24.3 Å². The maximum atomic E-state index is 5.41. The number of fused-ring (bicyclic) bond motifs is 1. The van der Waals surface area contributed by atoms with Gasteiger partial charge in [-0.1, -0.05) is 29.4 Å². The minimum Gasteiger partial charge on any atom is -0.339 e. The number of nitrogens with zero attached hydrogens (tertiary/aromatic N) is 3. The third-order valence-electron chi connectivity index (χ3n) is 3.74. The lowest BCUT2D eigenvalue weighted by Crippen LogP contribution is -2.08. The minimum atomic E-state index is 0.325. The summed E-state index contributed by atoms with van der Waals surface area (Å²) in [6.07, 6.45) is 2.83. The van der Waals surface area contributed by atoms with Crippen LogP contribution in [0.5, 0.6) is 0 Å². The summed E-state index contributed by atoms with van der Waals surface area (Å²) < 4.78 is 5.41. The number of aromatic nitrogens is 3. The lowest BCUT2D eigenvalue weighted by molar-refractivity contribution is 0.359. The van der Waals surface area contributed by atoms with Crippen molar-refractivity contribution in [2.24, 2.45) is 0 Å². The average molecular weight is 266 g/mol. The molecule has 1 aromatic carbocycles. The van der Waals surface area contributed by atoms with Gasteiger partial charge in [-0.25, -0.2) is 0 Å². The highest BCUT2D eigenvalue weighted by molar-refractivity contribution is 5.92. The molecule has 2 aromatic heterocycles. The normalized spacial score (nSPS) is 18.7. The summed E-state index contributed by atoms with van der Waals surface area (Å²) >= 11 is 0. The smallest absolute Gasteiger partial charge is 0.231 e. The van der Waals surface area contributed by atoms with Crippen molar-refractivity contribution in [3.63, 3.8) is 0 Å². The summed E-state index contributed by atoms with van der Waals surface area (Å²) in [6.45, 7) is 1.92. The van der Waals surface area contributed by atoms with E-state index in [1.54, 1.807) is 6.20 Å². The van der Waals surface area contributed by atoms with Crippen LogP contribution in [0.4, 0.5) is 0 Å². The third-order valence-corrected chi connectivity index (χ3v) is 3.74. The molecule has 5 heteroatoms. The second kappa shape index (κ2) is 4.68. The van der Waals surface area contributed by atoms with Crippen LogP contribution in [0.2, 0.25) is 0 Å². The Labute approximate surface area is 116 Å². The molecule has 1 fully saturated rings. The summed E-state index contributed by atoms with van der Waals surface area (Å²) in [5, 5.41) is 9.59. The maximum Gasteiger partial charge on any atom is 0.231 e. The van der Waals surface area contributed by atoms with Crippen LogP contribution < -0.4 is 5.32 Å². The highest BCUT2D eigenvalue weighted by Crippen LogP contribution is 2.27. The van der Waals surface area contributed by atoms with Crippen molar-refractivity contribution in [1.82, 2.24) is 20.4 Å². The Morgan fingerprint density at radius 1 is 1.20 bits per heavy atom. The molecule has 0 amide bonds. The summed E-state index contributed by atoms with van der Waals surface area (Å²) in [5.74, 6) is 1.61. The third kappa shape index (κ3) is 1.87. The molecule has 5 nitrogen and oxygen atoms in total. The Hall–Kier alpha value is -2.27. The number of benzene rings is 1. The quantitative estimate of drug-likeness (QED) is 0.771. The monoisotopic (exact) mass is 266 g/mol. The molecule has 1 aliphatic heterocycles. The Bertz CT molecular complexity index is 741. The van der Waals surface area contributed by atoms with Gasteiger partial charge in [0.2, 0.25) is 11.7 Å². The maximum absolute atomic E-state index is 5.41. The van der Waals surface area contributed by atoms with Crippen molar-refractivity contribution in [1.29, 1.82) is 0 Å². The van der Waals surface area contributed by atoms with Crippen molar-refractivity contribution in [2.75, 3.05) is 13.1 Å². The predicted molar refractivity (Wildman–Crippen MR) is 75.3 cm³/mol. The van der Waals surface area contributed by atoms with E-state index < -0.39 is 0 Å². The molecule has 1 saturated heterocycles. The number of pyridine rings is 1. The molecule has 4 rings (SSSR count). The second-order valence-corrected chi connectivity index (χ2v) is 5.03. The Kier molecular flexibility index (Phi) is 2.70. The molecule has 0 aliphatic carbocycles. The zero-order valence-electron chi connectivity index (χ0n) is 10.9. The Morgan fingerprint density at radius 2 is 2.15 bits per heavy atom. The van der Waals surface area contributed by atoms with Crippen LogP contribution in [0.25, 0.3) is 22.3 Å². The van der Waals surface area contributed by atoms with Gasteiger partial charge in [-0.2, -0.15) is 4.98 Å². The van der Waals surface area contributed by atoms with E-state index in [9.17, 15) is 0 Å². The van der Waals surface area contributed by atoms with Gasteiger partial charge in [0.25, 0.3) is 0 Å². The number of rotatable bonds is 2. The SMILES string of the molecule is c1ccc2c(-c3noc([C@@H]4CCNC4)n3)nccc2c1. The molecule has 0 radical (unpaired) electrons. The first-order valence-electron chi connectivity index (χ1n) is 6.80. The van der Waals surface area contributed by atoms with E-state index in [0.717, 1.165) is 36.0 Å². The lowest BCUT2D eigenvalue weighted by atomic mass is 10.1. The van der Waals surface area contributed by atoms with Crippen LogP contribution in [0.15, 0.2) is 41.1 Å². The molecule has 3 aromatic rings. The van der Waals surface area contributed by atoms with Crippen LogP contribution in [-0.4, -0.2) is 28.2 Å². The first-order valence-corrected chi connectivity index (χ1v) is 6.80. The highest BCUT2D eigenvalue weighted by Gasteiger charge is 2.23. The van der Waals surface area contributed by atoms with E-state index in [4.69, 9.17) is 4.52 Å². The van der Waals surface area contributed by atoms with E-state index in [1.165, 1.54) is 0 Å². The van der Waals surface area contributed by atoms with Crippen LogP contribution in [0.1, 0.15) is 18.2 Å². The fourth-order valence-electron chi connectivity index (χ4n) is 2.66. The number of nitrogens with one attached hydrogen (secondary N) is 1. The zero-order valence-corrected chi connectivity index (χ0v) is 10.9. The van der Waals surface area contributed by atoms with Gasteiger partial charge in [-0.05, 0) is 24.4 Å². The molecule has 0 spiro atoms. The average Bonchev–Trinajstić information content (AvgIpc) is 3.17. The van der Waals surface area contributed by atoms with Crippen LogP contribution in [0.3, 0.4) is 0 Å². The van der Waals surface area contributed by atoms with E-state index >= 15 is 0 Å². The molecule has 1 N–H and O–H groups in total. The molecule has 20 heavy (non-hydrogen) atoms. The van der Waals surface area contributed by atoms with Crippen LogP contribution >= 0.6 is 0 Å². The number of hydrogen-bond donors (Lipinski definition) is 1. The van der Waals surface area contributed by atoms with Crippen LogP contribution in [-0.2, 0) is 0 Å². The second-order valence-electron chi connectivity index (χ2n) is 5.03. The van der Waals surface area contributed by atoms with Gasteiger partial charge in [0.1, 0.15) is 5.69 Å². The fourth-order valence-corrected chi connectivity index (χ4v) is 2.66. The predicted octanol–water partition coefficient (Wildman–Crippen LogP) is 2.36. The van der Waals surface area contributed by atoms with Crippen molar-refractivity contribution >= 4 is 10.8 Å². The van der Waals surface area contributed by atoms with Crippen molar-refractivity contribution in [3.05, 3.63) is 42.4 Å². The van der Waals surface area contributed by atoms with E-state index in [0.29, 0.717) is 17.6 Å². The van der Waals surface area contributed by atoms with Gasteiger partial charge in [-0.3, -0.25) is 4.98 Å². The lowest BCUT2D eigenvalue weighted by Gasteiger charge is -2.01. The van der Waals surface area contributed by atoms with Gasteiger partial charge in [-0.15, -0.1) is 0 Å². The first-order chi connectivity index (χ1) is 9.92. The van der Waals surface area contributed by atoms with E-state index in [2.05, 4.69) is 26.5 Å². The highest BCUT2D eigenvalue weighted by atomic mass is 16.5. The molecular weight excluding hydrogens is 252 g/mol. The Morgan fingerprint density at radius 3 is 3.05 bits per heavy atom. The summed E-state index contributed by atoms with van der Waals surface area (Å²) in [5.41, 5.74) is 0.782. The summed E-state index contributed by atoms with van der Waals surface area (Å²) in [4.78, 5) is 8.95. The largest absolute Gasteiger partial charge is 0.339 e. The van der Waals surface area contributed by atoms with Crippen molar-refractivity contribution < 1.29 is 4.52 Å². The summed E-state index contributed by atoms with van der Waals surface area (Å²) in [6, 6.07) is 10.1. The molecule has 1 aliphatic rings. The standard InChI is InChI=1S/C15H14N4O/c1-2-4-12-10(3-1)6-8-17-13(12)14-18-15(20-19-14)11-5-7-16-9-11/h1-4,6,8,11,16H,5,7,9H2/t11-/m1/s1. The van der Waals surface area contributed by atoms with Crippen molar-refractivity contribution in [2.45, 2.75) is 12.3 Å². The van der Waals surface area contributed by atoms with Crippen LogP contribution in [0, 0.1) is 0 Å². The van der Waals surface area contributed by atoms with Gasteiger partial charge < -0.3 is 9.84 Å². The van der Waals surface area contributed by atoms with Gasteiger partial charge in [0.05, 0.1) is 5.92 Å². The fraction of sp³-hybridized carbons (Fsp3) is 0.267. The molecule has 100 valence electrons. The molecule has 0 saturated carbocycles. The molecule has 3 heterocycles. The minimum absolute atomic E-state index is 0.325. The molecular formula is C15H14N4O. The molecule has 1 atom stereocenters. The molecule has 0 bridgehead atoms. The number of hydrogen-bond acceptors (Lipinski definition) is 5. The Balaban J connectivity index is 1.79. The summed E-state index contributed by atoms with van der Waals surface area (Å²) in [7, 11) is 0. The van der Waals surface area contributed by atoms with Gasteiger partial charge in [0.15, 0.2) is 0 Å². The van der Waals surface area contributed by atoms with Crippen molar-refractivity contribution in [3.8, 4) is 11.5 Å².